The molecule has 2 heterocycles. The van der Waals surface area contributed by atoms with Crippen molar-refractivity contribution in [2.24, 2.45) is 22.9 Å². The molecule has 2 fully saturated rings. The smallest absolute Gasteiger partial charge is 0.270 e. The minimum absolute atomic E-state index is 0.0489. The van der Waals surface area contributed by atoms with Gasteiger partial charge in [0.25, 0.3) is 5.91 Å². The van der Waals surface area contributed by atoms with Gasteiger partial charge in [-0.05, 0) is 99.0 Å². The maximum absolute atomic E-state index is 14.0. The van der Waals surface area contributed by atoms with Crippen LogP contribution in [0.5, 0.6) is 0 Å². The van der Waals surface area contributed by atoms with Gasteiger partial charge < -0.3 is 25.4 Å². The van der Waals surface area contributed by atoms with Crippen LogP contribution in [0.25, 0.3) is 21.6 Å². The van der Waals surface area contributed by atoms with E-state index in [1.165, 1.54) is 11.1 Å². The SMILES string of the molecule is Cc1nn(COCC[Si](C)(C)C)c(C)c1-c1ccc(NC(=O)[C@@H](NC(=O)c2ccnn2CCCN(CCO)C(=O)CN=[N+]=[N-])C(C2CC2)C2CC2)cc1. The van der Waals surface area contributed by atoms with Crippen molar-refractivity contribution in [2.45, 2.75) is 91.0 Å². The van der Waals surface area contributed by atoms with E-state index in [1.807, 2.05) is 42.8 Å². The quantitative estimate of drug-likeness (QED) is 0.0429. The van der Waals surface area contributed by atoms with Gasteiger partial charge in [0.2, 0.25) is 11.8 Å². The first kappa shape index (κ1) is 39.7. The number of aliphatic hydroxyl groups is 1. The average Bonchev–Trinajstić information content (AvgIpc) is 4.06. The minimum Gasteiger partial charge on any atom is -0.395 e. The van der Waals surface area contributed by atoms with Crippen molar-refractivity contribution in [3.8, 4) is 11.1 Å². The number of carbonyl (C=O) groups excluding carboxylic acids is 3. The van der Waals surface area contributed by atoms with Gasteiger partial charge in [-0.1, -0.05) is 36.9 Å². The van der Waals surface area contributed by atoms with E-state index in [9.17, 15) is 19.5 Å². The number of amides is 3. The zero-order valence-electron chi connectivity index (χ0n) is 31.6. The summed E-state index contributed by atoms with van der Waals surface area (Å²) in [6.45, 7) is 12.3. The van der Waals surface area contributed by atoms with Gasteiger partial charge in [-0.3, -0.25) is 19.1 Å². The fraction of sp³-hybridized carbons (Fsp3) is 0.595. The summed E-state index contributed by atoms with van der Waals surface area (Å²) in [5.41, 5.74) is 13.5. The van der Waals surface area contributed by atoms with Crippen LogP contribution < -0.4 is 10.6 Å². The Kier molecular flexibility index (Phi) is 13.5. The lowest BCUT2D eigenvalue weighted by Crippen LogP contribution is -2.50. The molecule has 53 heavy (non-hydrogen) atoms. The van der Waals surface area contributed by atoms with Crippen molar-refractivity contribution in [1.29, 1.82) is 0 Å². The number of carbonyl (C=O) groups is 3. The topological polar surface area (TPSA) is 192 Å². The molecule has 1 aromatic carbocycles. The molecule has 15 nitrogen and oxygen atoms in total. The molecule has 2 aromatic heterocycles. The van der Waals surface area contributed by atoms with Crippen LogP contribution in [0.3, 0.4) is 0 Å². The molecule has 2 saturated carbocycles. The number of aliphatic hydroxyl groups excluding tert-OH is 1. The predicted molar refractivity (Wildman–Crippen MR) is 205 cm³/mol. The van der Waals surface area contributed by atoms with Crippen LogP contribution in [0.15, 0.2) is 41.6 Å². The highest BCUT2D eigenvalue weighted by Crippen LogP contribution is 2.51. The predicted octanol–water partition coefficient (Wildman–Crippen LogP) is 5.37. The summed E-state index contributed by atoms with van der Waals surface area (Å²) >= 11 is 0. The molecule has 0 aliphatic heterocycles. The number of anilines is 1. The van der Waals surface area contributed by atoms with E-state index in [-0.39, 0.29) is 49.9 Å². The summed E-state index contributed by atoms with van der Waals surface area (Å²) < 4.78 is 9.42. The number of rotatable bonds is 21. The van der Waals surface area contributed by atoms with Gasteiger partial charge in [-0.25, -0.2) is 4.68 Å². The minimum atomic E-state index is -1.18. The van der Waals surface area contributed by atoms with E-state index in [4.69, 9.17) is 15.4 Å². The van der Waals surface area contributed by atoms with E-state index < -0.39 is 14.1 Å². The van der Waals surface area contributed by atoms with Gasteiger partial charge in [-0.2, -0.15) is 10.2 Å². The van der Waals surface area contributed by atoms with Gasteiger partial charge in [0, 0.05) is 62.4 Å². The Morgan fingerprint density at radius 2 is 1.77 bits per heavy atom. The van der Waals surface area contributed by atoms with E-state index >= 15 is 0 Å². The Labute approximate surface area is 312 Å². The molecule has 0 spiro atoms. The fourth-order valence-corrected chi connectivity index (χ4v) is 7.70. The highest BCUT2D eigenvalue weighted by molar-refractivity contribution is 6.76. The van der Waals surface area contributed by atoms with Crippen LogP contribution in [-0.4, -0.2) is 94.3 Å². The second-order valence-corrected chi connectivity index (χ2v) is 21.1. The second-order valence-electron chi connectivity index (χ2n) is 15.4. The molecule has 286 valence electrons. The number of aryl methyl sites for hydroxylation is 2. The Morgan fingerprint density at radius 1 is 1.08 bits per heavy atom. The zero-order valence-corrected chi connectivity index (χ0v) is 32.6. The Bertz CT molecular complexity index is 1760. The number of benzene rings is 1. The number of hydrogen-bond acceptors (Lipinski definition) is 8. The molecule has 0 unspecified atom stereocenters. The number of aromatic nitrogens is 4. The molecule has 0 saturated heterocycles. The Balaban J connectivity index is 1.24. The molecule has 16 heteroatoms. The van der Waals surface area contributed by atoms with Crippen LogP contribution in [0.4, 0.5) is 5.69 Å². The average molecular weight is 747 g/mol. The van der Waals surface area contributed by atoms with Crippen LogP contribution in [0.1, 0.15) is 54.0 Å². The fourth-order valence-electron chi connectivity index (χ4n) is 6.94. The third kappa shape index (κ3) is 11.0. The first-order valence-electron chi connectivity index (χ1n) is 18.7. The highest BCUT2D eigenvalue weighted by atomic mass is 28.3. The summed E-state index contributed by atoms with van der Waals surface area (Å²) in [5.74, 6) is -0.174. The number of ether oxygens (including phenoxy) is 1. The second kappa shape index (κ2) is 18.0. The van der Waals surface area contributed by atoms with Gasteiger partial charge >= 0.3 is 0 Å². The monoisotopic (exact) mass is 746 g/mol. The zero-order chi connectivity index (χ0) is 38.1. The van der Waals surface area contributed by atoms with Crippen LogP contribution >= 0.6 is 0 Å². The lowest BCUT2D eigenvalue weighted by molar-refractivity contribution is -0.130. The number of nitrogens with zero attached hydrogens (tertiary/aromatic N) is 8. The van der Waals surface area contributed by atoms with Crippen molar-refractivity contribution >= 4 is 31.5 Å². The molecule has 0 radical (unpaired) electrons. The van der Waals surface area contributed by atoms with E-state index in [0.29, 0.717) is 42.9 Å². The number of hydrogen-bond donors (Lipinski definition) is 3. The molecule has 3 amide bonds. The third-order valence-corrected chi connectivity index (χ3v) is 11.8. The maximum atomic E-state index is 14.0. The lowest BCUT2D eigenvalue weighted by Gasteiger charge is -2.27. The molecule has 2 aliphatic rings. The maximum Gasteiger partial charge on any atom is 0.270 e. The first-order chi connectivity index (χ1) is 25.4. The third-order valence-electron chi connectivity index (χ3n) is 10.1. The van der Waals surface area contributed by atoms with Gasteiger partial charge in [-0.15, -0.1) is 0 Å². The highest BCUT2D eigenvalue weighted by Gasteiger charge is 2.48. The van der Waals surface area contributed by atoms with Gasteiger partial charge in [0.05, 0.1) is 12.3 Å². The molecule has 5 rings (SSSR count). The summed E-state index contributed by atoms with van der Waals surface area (Å²) in [4.78, 5) is 44.2. The summed E-state index contributed by atoms with van der Waals surface area (Å²) in [7, 11) is -1.18. The molecule has 3 N–H and O–H groups in total. The van der Waals surface area contributed by atoms with Crippen molar-refractivity contribution in [3.05, 3.63) is 64.1 Å². The van der Waals surface area contributed by atoms with Crippen LogP contribution in [-0.2, 0) is 27.6 Å². The molecule has 1 atom stereocenters. The number of nitrogens with one attached hydrogen (secondary N) is 2. The summed E-state index contributed by atoms with van der Waals surface area (Å²) in [6, 6.07) is 9.76. The van der Waals surface area contributed by atoms with Crippen LogP contribution in [0, 0.1) is 31.6 Å². The summed E-state index contributed by atoms with van der Waals surface area (Å²) in [5, 5.41) is 28.0. The molecular formula is C37H54N10O5Si. The van der Waals surface area contributed by atoms with Crippen molar-refractivity contribution in [1.82, 2.24) is 29.8 Å². The molecule has 0 bridgehead atoms. The van der Waals surface area contributed by atoms with Crippen molar-refractivity contribution in [2.75, 3.05) is 38.2 Å². The summed E-state index contributed by atoms with van der Waals surface area (Å²) in [6.07, 6.45) is 6.18. The van der Waals surface area contributed by atoms with E-state index in [2.05, 4.69) is 45.4 Å². The Hall–Kier alpha value is -4.50. The van der Waals surface area contributed by atoms with Crippen molar-refractivity contribution < 1.29 is 24.2 Å². The van der Waals surface area contributed by atoms with Gasteiger partial charge in [0.15, 0.2) is 0 Å². The largest absolute Gasteiger partial charge is 0.395 e. The van der Waals surface area contributed by atoms with E-state index in [1.54, 1.807) is 10.7 Å². The first-order valence-corrected chi connectivity index (χ1v) is 22.4. The van der Waals surface area contributed by atoms with Crippen molar-refractivity contribution in [3.63, 3.8) is 0 Å². The molecular weight excluding hydrogens is 693 g/mol. The number of azide groups is 1. The standard InChI is InChI=1S/C37H54N10O5Si/c1-25-33(26(2)47(43-25)24-52-21-22-53(3,4)5)27-11-13-30(14-12-27)41-37(51)35(34(28-7-8-28)29-9-10-29)42-36(50)31-15-16-40-46(31)18-6-17-45(19-20-48)32(49)23-39-44-38/h11-16,28-29,34-35,48H,6-10,17-24H2,1-5H3,(H,41,51)(H,42,50)/t35-/m0/s1. The molecule has 2 aliphatic carbocycles. The molecule has 3 aromatic rings. The van der Waals surface area contributed by atoms with Crippen LogP contribution in [0.2, 0.25) is 25.7 Å². The Morgan fingerprint density at radius 3 is 2.40 bits per heavy atom. The normalized spacial score (nSPS) is 14.8. The van der Waals surface area contributed by atoms with Gasteiger partial charge in [0.1, 0.15) is 25.0 Å². The lowest BCUT2D eigenvalue weighted by atomic mass is 9.88. The van der Waals surface area contributed by atoms with E-state index in [0.717, 1.165) is 60.8 Å².